The highest BCUT2D eigenvalue weighted by Gasteiger charge is 2.09. The summed E-state index contributed by atoms with van der Waals surface area (Å²) in [6, 6.07) is 19.9. The Balaban J connectivity index is 2.29. The molecule has 0 aliphatic carbocycles. The first-order valence-electron chi connectivity index (χ1n) is 7.21. The zero-order valence-electron chi connectivity index (χ0n) is 11.7. The van der Waals surface area contributed by atoms with Crippen LogP contribution < -0.4 is 0 Å². The van der Waals surface area contributed by atoms with Crippen LogP contribution in [0.15, 0.2) is 54.6 Å². The highest BCUT2D eigenvalue weighted by molar-refractivity contribution is 6.08. The molecule has 96 valence electrons. The fraction of sp³-hybridized carbons (Fsp3) is 0.263. The molecule has 0 spiro atoms. The van der Waals surface area contributed by atoms with E-state index in [1.165, 1.54) is 39.9 Å². The molecule has 0 radical (unpaired) electrons. The summed E-state index contributed by atoms with van der Waals surface area (Å²) in [4.78, 5) is 0. The summed E-state index contributed by atoms with van der Waals surface area (Å²) >= 11 is 0. The number of fused-ring (bicyclic) bond motifs is 3. The van der Waals surface area contributed by atoms with Crippen molar-refractivity contribution in [1.29, 1.82) is 0 Å². The molecule has 19 heavy (non-hydrogen) atoms. The molecule has 0 fully saturated rings. The van der Waals surface area contributed by atoms with E-state index in [2.05, 4.69) is 68.4 Å². The van der Waals surface area contributed by atoms with Crippen LogP contribution in [0.25, 0.3) is 21.5 Å². The molecule has 0 aliphatic heterocycles. The smallest absolute Gasteiger partial charge is 0.0103 e. The maximum Gasteiger partial charge on any atom is -0.0103 e. The van der Waals surface area contributed by atoms with Crippen molar-refractivity contribution in [2.24, 2.45) is 0 Å². The van der Waals surface area contributed by atoms with Gasteiger partial charge in [-0.25, -0.2) is 0 Å². The van der Waals surface area contributed by atoms with E-state index in [1.807, 2.05) is 0 Å². The molecule has 3 aromatic rings. The maximum atomic E-state index is 2.34. The lowest BCUT2D eigenvalue weighted by molar-refractivity contribution is 0.669. The number of hydrogen-bond acceptors (Lipinski definition) is 0. The average Bonchev–Trinajstić information content (AvgIpc) is 2.46. The lowest BCUT2D eigenvalue weighted by Crippen LogP contribution is -1.94. The molecular weight excluding hydrogens is 228 g/mol. The van der Waals surface area contributed by atoms with Gasteiger partial charge >= 0.3 is 0 Å². The van der Waals surface area contributed by atoms with Gasteiger partial charge in [0.05, 0.1) is 0 Å². The van der Waals surface area contributed by atoms with E-state index in [4.69, 9.17) is 0 Å². The molecule has 1 atom stereocenters. The van der Waals surface area contributed by atoms with Crippen molar-refractivity contribution in [3.8, 4) is 0 Å². The molecule has 0 saturated heterocycles. The summed E-state index contributed by atoms with van der Waals surface area (Å²) in [6.45, 7) is 4.60. The van der Waals surface area contributed by atoms with Gasteiger partial charge in [0.1, 0.15) is 0 Å². The van der Waals surface area contributed by atoms with Crippen molar-refractivity contribution in [2.45, 2.75) is 32.6 Å². The minimum absolute atomic E-state index is 0.634. The van der Waals surface area contributed by atoms with E-state index < -0.39 is 0 Å². The summed E-state index contributed by atoms with van der Waals surface area (Å²) in [5.41, 5.74) is 1.49. The topological polar surface area (TPSA) is 0 Å². The molecule has 0 heterocycles. The van der Waals surface area contributed by atoms with Gasteiger partial charge < -0.3 is 0 Å². The van der Waals surface area contributed by atoms with Crippen LogP contribution >= 0.6 is 0 Å². The first-order valence-corrected chi connectivity index (χ1v) is 7.21. The van der Waals surface area contributed by atoms with Gasteiger partial charge in [-0.15, -0.1) is 0 Å². The lowest BCUT2D eigenvalue weighted by atomic mass is 9.90. The molecule has 3 rings (SSSR count). The van der Waals surface area contributed by atoms with Crippen molar-refractivity contribution in [1.82, 2.24) is 0 Å². The normalized spacial score (nSPS) is 12.9. The second kappa shape index (κ2) is 5.05. The Bertz CT molecular complexity index is 709. The highest BCUT2D eigenvalue weighted by Crippen LogP contribution is 2.32. The van der Waals surface area contributed by atoms with Gasteiger partial charge in [0.25, 0.3) is 0 Å². The van der Waals surface area contributed by atoms with Crippen molar-refractivity contribution in [3.05, 3.63) is 60.2 Å². The Morgan fingerprint density at radius 2 is 1.58 bits per heavy atom. The Labute approximate surface area is 115 Å². The Morgan fingerprint density at radius 3 is 2.42 bits per heavy atom. The van der Waals surface area contributed by atoms with Gasteiger partial charge in [-0.05, 0) is 39.4 Å². The van der Waals surface area contributed by atoms with Gasteiger partial charge in [0.2, 0.25) is 0 Å². The molecule has 0 heteroatoms. The molecule has 0 aromatic heterocycles. The average molecular weight is 248 g/mol. The van der Waals surface area contributed by atoms with Crippen molar-refractivity contribution in [3.63, 3.8) is 0 Å². The van der Waals surface area contributed by atoms with E-state index in [0.29, 0.717) is 5.92 Å². The second-order valence-electron chi connectivity index (χ2n) is 5.42. The van der Waals surface area contributed by atoms with Crippen LogP contribution in [-0.4, -0.2) is 0 Å². The molecule has 3 aromatic carbocycles. The third-order valence-corrected chi connectivity index (χ3v) is 4.07. The van der Waals surface area contributed by atoms with Gasteiger partial charge in [0, 0.05) is 0 Å². The van der Waals surface area contributed by atoms with Gasteiger partial charge in [-0.1, -0.05) is 74.9 Å². The summed E-state index contributed by atoms with van der Waals surface area (Å²) in [5, 5.41) is 5.50. The number of hydrogen-bond donors (Lipinski definition) is 0. The van der Waals surface area contributed by atoms with E-state index in [-0.39, 0.29) is 0 Å². The van der Waals surface area contributed by atoms with Crippen LogP contribution in [0.2, 0.25) is 0 Å². The van der Waals surface area contributed by atoms with Gasteiger partial charge in [-0.2, -0.15) is 0 Å². The van der Waals surface area contributed by atoms with E-state index >= 15 is 0 Å². The zero-order chi connectivity index (χ0) is 13.2. The first-order chi connectivity index (χ1) is 9.31. The fourth-order valence-corrected chi connectivity index (χ4v) is 3.08. The van der Waals surface area contributed by atoms with Crippen LogP contribution in [0.5, 0.6) is 0 Å². The lowest BCUT2D eigenvalue weighted by Gasteiger charge is -2.15. The van der Waals surface area contributed by atoms with Crippen LogP contribution in [0.4, 0.5) is 0 Å². The minimum atomic E-state index is 0.634. The Morgan fingerprint density at radius 1 is 0.789 bits per heavy atom. The molecule has 0 nitrogen and oxygen atoms in total. The SMILES string of the molecule is CCCC(C)c1cccc2c1ccc1ccccc12. The first kappa shape index (κ1) is 12.2. The van der Waals surface area contributed by atoms with Crippen molar-refractivity contribution < 1.29 is 0 Å². The largest absolute Gasteiger partial charge is 0.0654 e. The number of benzene rings is 3. The molecule has 0 amide bonds. The van der Waals surface area contributed by atoms with Gasteiger partial charge in [0.15, 0.2) is 0 Å². The quantitative estimate of drug-likeness (QED) is 0.506. The molecule has 0 bridgehead atoms. The van der Waals surface area contributed by atoms with Crippen molar-refractivity contribution >= 4 is 21.5 Å². The third-order valence-electron chi connectivity index (χ3n) is 4.07. The van der Waals surface area contributed by atoms with E-state index in [0.717, 1.165) is 0 Å². The number of rotatable bonds is 3. The summed E-state index contributed by atoms with van der Waals surface area (Å²) in [7, 11) is 0. The van der Waals surface area contributed by atoms with E-state index in [1.54, 1.807) is 0 Å². The van der Waals surface area contributed by atoms with Crippen LogP contribution in [-0.2, 0) is 0 Å². The predicted octanol–water partition coefficient (Wildman–Crippen LogP) is 5.90. The highest BCUT2D eigenvalue weighted by atomic mass is 14.1. The predicted molar refractivity (Wildman–Crippen MR) is 84.8 cm³/mol. The second-order valence-corrected chi connectivity index (χ2v) is 5.42. The zero-order valence-corrected chi connectivity index (χ0v) is 11.7. The van der Waals surface area contributed by atoms with Crippen LogP contribution in [0.3, 0.4) is 0 Å². The summed E-state index contributed by atoms with van der Waals surface area (Å²) in [5.74, 6) is 0.634. The third kappa shape index (κ3) is 2.12. The molecular formula is C19H20. The summed E-state index contributed by atoms with van der Waals surface area (Å²) < 4.78 is 0. The Kier molecular flexibility index (Phi) is 3.25. The maximum absolute atomic E-state index is 2.34. The summed E-state index contributed by atoms with van der Waals surface area (Å²) in [6.07, 6.45) is 2.50. The molecule has 0 N–H and O–H groups in total. The molecule has 0 aliphatic rings. The van der Waals surface area contributed by atoms with Crippen molar-refractivity contribution in [2.75, 3.05) is 0 Å². The molecule has 1 unspecified atom stereocenters. The van der Waals surface area contributed by atoms with Crippen LogP contribution in [0.1, 0.15) is 38.2 Å². The van der Waals surface area contributed by atoms with Gasteiger partial charge in [-0.3, -0.25) is 0 Å². The Hall–Kier alpha value is -1.82. The standard InChI is InChI=1S/C19H20/c1-3-7-14(2)16-10-6-11-18-17-9-5-4-8-15(17)12-13-19(16)18/h4-6,8-14H,3,7H2,1-2H3. The monoisotopic (exact) mass is 248 g/mol. The molecule has 0 saturated carbocycles. The van der Waals surface area contributed by atoms with E-state index in [9.17, 15) is 0 Å². The van der Waals surface area contributed by atoms with Crippen LogP contribution in [0, 0.1) is 0 Å². The minimum Gasteiger partial charge on any atom is -0.0654 e. The fourth-order valence-electron chi connectivity index (χ4n) is 3.08.